The Balaban J connectivity index is 1.70. The predicted molar refractivity (Wildman–Crippen MR) is 82.0 cm³/mol. The molecule has 0 saturated carbocycles. The van der Waals surface area contributed by atoms with Gasteiger partial charge in [-0.15, -0.1) is 0 Å². The average molecular weight is 306 g/mol. The van der Waals surface area contributed by atoms with Crippen LogP contribution in [-0.4, -0.2) is 31.7 Å². The van der Waals surface area contributed by atoms with Crippen molar-refractivity contribution in [3.63, 3.8) is 0 Å². The molecule has 0 spiro atoms. The molecule has 2 rings (SSSR count). The largest absolute Gasteiger partial charge is 0.454 e. The van der Waals surface area contributed by atoms with Crippen molar-refractivity contribution in [3.05, 3.63) is 23.8 Å². The second-order valence-corrected chi connectivity index (χ2v) is 5.61. The average Bonchev–Trinajstić information content (AvgIpc) is 2.94. The van der Waals surface area contributed by atoms with Crippen molar-refractivity contribution < 1.29 is 19.1 Å². The zero-order valence-electron chi connectivity index (χ0n) is 13.0. The third-order valence-electron chi connectivity index (χ3n) is 3.32. The third-order valence-corrected chi connectivity index (χ3v) is 3.32. The van der Waals surface area contributed by atoms with Crippen LogP contribution < -0.4 is 20.1 Å². The van der Waals surface area contributed by atoms with Crippen molar-refractivity contribution in [3.8, 4) is 11.5 Å². The van der Waals surface area contributed by atoms with Gasteiger partial charge in [0.2, 0.25) is 12.7 Å². The lowest BCUT2D eigenvalue weighted by molar-refractivity contribution is -0.120. The fraction of sp³-hybridized carbons (Fsp3) is 0.500. The van der Waals surface area contributed by atoms with E-state index in [-0.39, 0.29) is 25.0 Å². The number of carbonyl (C=O) groups excluding carboxylic acids is 2. The van der Waals surface area contributed by atoms with E-state index in [0.29, 0.717) is 36.1 Å². The summed E-state index contributed by atoms with van der Waals surface area (Å²) in [5.41, 5.74) is 0.490. The second-order valence-electron chi connectivity index (χ2n) is 5.61. The molecule has 6 nitrogen and oxygen atoms in total. The summed E-state index contributed by atoms with van der Waals surface area (Å²) in [4.78, 5) is 23.6. The molecule has 0 unspecified atom stereocenters. The molecule has 0 fully saturated rings. The Morgan fingerprint density at radius 2 is 1.91 bits per heavy atom. The van der Waals surface area contributed by atoms with E-state index in [9.17, 15) is 9.59 Å². The maximum absolute atomic E-state index is 12.0. The Morgan fingerprint density at radius 3 is 2.68 bits per heavy atom. The van der Waals surface area contributed by atoms with Gasteiger partial charge in [0.25, 0.3) is 5.91 Å². The summed E-state index contributed by atoms with van der Waals surface area (Å²) in [6.07, 6.45) is 1.23. The van der Waals surface area contributed by atoms with Gasteiger partial charge in [-0.25, -0.2) is 0 Å². The van der Waals surface area contributed by atoms with Gasteiger partial charge in [0, 0.05) is 25.1 Å². The van der Waals surface area contributed by atoms with E-state index in [1.807, 2.05) is 0 Å². The highest BCUT2D eigenvalue weighted by Crippen LogP contribution is 2.32. The number of ether oxygens (including phenoxy) is 2. The SMILES string of the molecule is CC(C)CCNC(=O)CCNC(=O)c1ccc2c(c1)OCO2. The molecule has 1 aromatic carbocycles. The standard InChI is InChI=1S/C16H22N2O4/c1-11(2)5-7-17-15(19)6-8-18-16(20)12-3-4-13-14(9-12)22-10-21-13/h3-4,9,11H,5-8,10H2,1-2H3,(H,17,19)(H,18,20). The van der Waals surface area contributed by atoms with Crippen LogP contribution in [0.4, 0.5) is 0 Å². The Hall–Kier alpha value is -2.24. The molecule has 1 aromatic rings. The number of amides is 2. The van der Waals surface area contributed by atoms with Gasteiger partial charge in [0.1, 0.15) is 0 Å². The molecule has 2 amide bonds. The molecular formula is C16H22N2O4. The molecule has 0 radical (unpaired) electrons. The van der Waals surface area contributed by atoms with Crippen molar-refractivity contribution >= 4 is 11.8 Å². The summed E-state index contributed by atoms with van der Waals surface area (Å²) in [7, 11) is 0. The van der Waals surface area contributed by atoms with Crippen molar-refractivity contribution in [1.82, 2.24) is 10.6 Å². The van der Waals surface area contributed by atoms with E-state index in [1.54, 1.807) is 18.2 Å². The van der Waals surface area contributed by atoms with E-state index in [4.69, 9.17) is 9.47 Å². The van der Waals surface area contributed by atoms with Crippen molar-refractivity contribution in [1.29, 1.82) is 0 Å². The molecule has 120 valence electrons. The molecule has 0 saturated heterocycles. The zero-order chi connectivity index (χ0) is 15.9. The monoisotopic (exact) mass is 306 g/mol. The molecule has 22 heavy (non-hydrogen) atoms. The van der Waals surface area contributed by atoms with Gasteiger partial charge >= 0.3 is 0 Å². The lowest BCUT2D eigenvalue weighted by atomic mass is 10.1. The molecule has 1 heterocycles. The van der Waals surface area contributed by atoms with E-state index >= 15 is 0 Å². The minimum absolute atomic E-state index is 0.0494. The predicted octanol–water partition coefficient (Wildman–Crippen LogP) is 1.70. The molecule has 2 N–H and O–H groups in total. The molecule has 6 heteroatoms. The van der Waals surface area contributed by atoms with Crippen LogP contribution in [0.25, 0.3) is 0 Å². The maximum Gasteiger partial charge on any atom is 0.251 e. The van der Waals surface area contributed by atoms with Crippen molar-refractivity contribution in [2.45, 2.75) is 26.7 Å². The topological polar surface area (TPSA) is 76.7 Å². The normalized spacial score (nSPS) is 12.3. The van der Waals surface area contributed by atoms with Gasteiger partial charge in [0.15, 0.2) is 11.5 Å². The molecule has 0 atom stereocenters. The molecule has 0 aliphatic carbocycles. The fourth-order valence-corrected chi connectivity index (χ4v) is 2.02. The summed E-state index contributed by atoms with van der Waals surface area (Å²) in [6.45, 7) is 5.37. The first kappa shape index (κ1) is 16.1. The van der Waals surface area contributed by atoms with Crippen LogP contribution in [0.1, 0.15) is 37.0 Å². The number of nitrogens with one attached hydrogen (secondary N) is 2. The van der Waals surface area contributed by atoms with Gasteiger partial charge in [-0.2, -0.15) is 0 Å². The Kier molecular flexibility index (Phi) is 5.63. The zero-order valence-corrected chi connectivity index (χ0v) is 13.0. The fourth-order valence-electron chi connectivity index (χ4n) is 2.02. The lowest BCUT2D eigenvalue weighted by Crippen LogP contribution is -2.31. The first-order chi connectivity index (χ1) is 10.6. The number of rotatable bonds is 7. The Morgan fingerprint density at radius 1 is 1.14 bits per heavy atom. The van der Waals surface area contributed by atoms with Gasteiger partial charge in [-0.1, -0.05) is 13.8 Å². The van der Waals surface area contributed by atoms with E-state index in [2.05, 4.69) is 24.5 Å². The second kappa shape index (κ2) is 7.68. The highest BCUT2D eigenvalue weighted by atomic mass is 16.7. The number of fused-ring (bicyclic) bond motifs is 1. The molecular weight excluding hydrogens is 284 g/mol. The van der Waals surface area contributed by atoms with E-state index < -0.39 is 0 Å². The van der Waals surface area contributed by atoms with Gasteiger partial charge in [0.05, 0.1) is 0 Å². The highest BCUT2D eigenvalue weighted by molar-refractivity contribution is 5.95. The number of hydrogen-bond acceptors (Lipinski definition) is 4. The quantitative estimate of drug-likeness (QED) is 0.804. The van der Waals surface area contributed by atoms with Gasteiger partial charge < -0.3 is 20.1 Å². The minimum Gasteiger partial charge on any atom is -0.454 e. The summed E-state index contributed by atoms with van der Waals surface area (Å²) in [5.74, 6) is 1.49. The molecule has 0 aromatic heterocycles. The molecule has 1 aliphatic heterocycles. The van der Waals surface area contributed by atoms with Crippen LogP contribution in [0.3, 0.4) is 0 Å². The van der Waals surface area contributed by atoms with Crippen molar-refractivity contribution in [2.24, 2.45) is 5.92 Å². The first-order valence-electron chi connectivity index (χ1n) is 7.51. The van der Waals surface area contributed by atoms with Gasteiger partial charge in [-0.05, 0) is 30.5 Å². The Bertz CT molecular complexity index is 543. The lowest BCUT2D eigenvalue weighted by Gasteiger charge is -2.08. The maximum atomic E-state index is 12.0. The minimum atomic E-state index is -0.228. The van der Waals surface area contributed by atoms with Crippen LogP contribution >= 0.6 is 0 Å². The first-order valence-corrected chi connectivity index (χ1v) is 7.51. The van der Waals surface area contributed by atoms with E-state index in [0.717, 1.165) is 6.42 Å². The van der Waals surface area contributed by atoms with Crippen LogP contribution in [0.5, 0.6) is 11.5 Å². The highest BCUT2D eigenvalue weighted by Gasteiger charge is 2.16. The number of hydrogen-bond donors (Lipinski definition) is 2. The third kappa shape index (κ3) is 4.65. The molecule has 1 aliphatic rings. The summed E-state index contributed by atoms with van der Waals surface area (Å²) in [6, 6.07) is 5.02. The molecule has 0 bridgehead atoms. The summed E-state index contributed by atoms with van der Waals surface area (Å²) in [5, 5.41) is 5.56. The Labute approximate surface area is 130 Å². The van der Waals surface area contributed by atoms with Gasteiger partial charge in [-0.3, -0.25) is 9.59 Å². The van der Waals surface area contributed by atoms with Crippen LogP contribution in [0.2, 0.25) is 0 Å². The van der Waals surface area contributed by atoms with Crippen molar-refractivity contribution in [2.75, 3.05) is 19.9 Å². The number of carbonyl (C=O) groups is 2. The summed E-state index contributed by atoms with van der Waals surface area (Å²) < 4.78 is 10.4. The van der Waals surface area contributed by atoms with Crippen LogP contribution in [0.15, 0.2) is 18.2 Å². The smallest absolute Gasteiger partial charge is 0.251 e. The van der Waals surface area contributed by atoms with Crippen LogP contribution in [-0.2, 0) is 4.79 Å². The number of benzene rings is 1. The van der Waals surface area contributed by atoms with Crippen LogP contribution in [0, 0.1) is 5.92 Å². The van der Waals surface area contributed by atoms with E-state index in [1.165, 1.54) is 0 Å². The summed E-state index contributed by atoms with van der Waals surface area (Å²) >= 11 is 0.